The van der Waals surface area contributed by atoms with E-state index in [2.05, 4.69) is 10.6 Å². The second kappa shape index (κ2) is 11.1. The number of nitrogens with zero attached hydrogens (tertiary/aromatic N) is 1. The average Bonchev–Trinajstić information content (AvgIpc) is 3.35. The van der Waals surface area contributed by atoms with Gasteiger partial charge in [0.05, 0.1) is 11.1 Å². The van der Waals surface area contributed by atoms with Gasteiger partial charge in [-0.2, -0.15) is 13.2 Å². The monoisotopic (exact) mass is 514 g/mol. The van der Waals surface area contributed by atoms with E-state index < -0.39 is 29.8 Å². The Kier molecular flexibility index (Phi) is 8.18. The lowest BCUT2D eigenvalue weighted by molar-refractivity contribution is -0.137. The summed E-state index contributed by atoms with van der Waals surface area (Å²) in [7, 11) is 0. The van der Waals surface area contributed by atoms with Crippen LogP contribution in [0.4, 0.5) is 29.3 Å². The number of carbonyl (C=O) groups is 3. The SMILES string of the molecule is N.O=C(O)c1ccc(-c2ccc(NC(=O)[C@H]3CCCN3C(=O)Nc3ccc(C(F)(F)F)cc3)cc2)cc1. The third-order valence-corrected chi connectivity index (χ3v) is 5.90. The van der Waals surface area contributed by atoms with E-state index >= 15 is 0 Å². The van der Waals surface area contributed by atoms with E-state index in [1.807, 2.05) is 0 Å². The summed E-state index contributed by atoms with van der Waals surface area (Å²) in [6.07, 6.45) is -3.39. The van der Waals surface area contributed by atoms with Crippen LogP contribution in [0, 0.1) is 0 Å². The minimum Gasteiger partial charge on any atom is -0.478 e. The van der Waals surface area contributed by atoms with Crippen LogP contribution in [0.1, 0.15) is 28.8 Å². The lowest BCUT2D eigenvalue weighted by Crippen LogP contribution is -2.45. The average molecular weight is 515 g/mol. The first-order chi connectivity index (χ1) is 17.1. The lowest BCUT2D eigenvalue weighted by atomic mass is 10.0. The number of likely N-dealkylation sites (tertiary alicyclic amines) is 1. The van der Waals surface area contributed by atoms with Crippen LogP contribution in [0.3, 0.4) is 0 Å². The summed E-state index contributed by atoms with van der Waals surface area (Å²) in [5, 5.41) is 14.4. The summed E-state index contributed by atoms with van der Waals surface area (Å²) in [4.78, 5) is 38.0. The van der Waals surface area contributed by atoms with Crippen LogP contribution in [0.15, 0.2) is 72.8 Å². The third-order valence-electron chi connectivity index (χ3n) is 5.90. The Morgan fingerprint density at radius 2 is 1.32 bits per heavy atom. The second-order valence-corrected chi connectivity index (χ2v) is 8.31. The zero-order chi connectivity index (χ0) is 25.9. The first kappa shape index (κ1) is 27.2. The molecule has 0 aliphatic carbocycles. The van der Waals surface area contributed by atoms with Gasteiger partial charge in [0.15, 0.2) is 0 Å². The van der Waals surface area contributed by atoms with E-state index in [0.29, 0.717) is 25.1 Å². The number of hydrogen-bond acceptors (Lipinski definition) is 4. The number of carbonyl (C=O) groups excluding carboxylic acids is 2. The van der Waals surface area contributed by atoms with Crippen molar-refractivity contribution in [3.63, 3.8) is 0 Å². The molecular formula is C26H25F3N4O4. The van der Waals surface area contributed by atoms with Crippen LogP contribution in [-0.2, 0) is 11.0 Å². The van der Waals surface area contributed by atoms with E-state index in [-0.39, 0.29) is 23.3 Å². The molecule has 194 valence electrons. The highest BCUT2D eigenvalue weighted by Gasteiger charge is 2.34. The number of halogens is 3. The molecule has 0 unspecified atom stereocenters. The quantitative estimate of drug-likeness (QED) is 0.338. The lowest BCUT2D eigenvalue weighted by Gasteiger charge is -2.24. The van der Waals surface area contributed by atoms with Crippen molar-refractivity contribution in [3.8, 4) is 11.1 Å². The Morgan fingerprint density at radius 1 is 0.811 bits per heavy atom. The van der Waals surface area contributed by atoms with E-state index in [1.54, 1.807) is 36.4 Å². The maximum Gasteiger partial charge on any atom is 0.416 e. The van der Waals surface area contributed by atoms with E-state index in [9.17, 15) is 27.6 Å². The zero-order valence-corrected chi connectivity index (χ0v) is 19.6. The van der Waals surface area contributed by atoms with E-state index in [0.717, 1.165) is 23.3 Å². The molecule has 4 rings (SSSR count). The molecule has 3 aromatic rings. The van der Waals surface area contributed by atoms with Crippen molar-refractivity contribution in [3.05, 3.63) is 83.9 Å². The summed E-state index contributed by atoms with van der Waals surface area (Å²) in [5.41, 5.74) is 1.75. The molecule has 1 aliphatic rings. The molecule has 0 radical (unpaired) electrons. The number of urea groups is 1. The molecule has 1 atom stereocenters. The summed E-state index contributed by atoms with van der Waals surface area (Å²) in [6.45, 7) is 0.343. The van der Waals surface area contributed by atoms with Crippen molar-refractivity contribution in [2.24, 2.45) is 0 Å². The first-order valence-corrected chi connectivity index (χ1v) is 11.1. The number of nitrogens with one attached hydrogen (secondary N) is 2. The zero-order valence-electron chi connectivity index (χ0n) is 19.6. The summed E-state index contributed by atoms with van der Waals surface area (Å²) in [6, 6.07) is 16.2. The fraction of sp³-hybridized carbons (Fsp3) is 0.192. The highest BCUT2D eigenvalue weighted by Crippen LogP contribution is 2.30. The van der Waals surface area contributed by atoms with Crippen LogP contribution in [0.5, 0.6) is 0 Å². The fourth-order valence-corrected chi connectivity index (χ4v) is 4.00. The number of anilines is 2. The largest absolute Gasteiger partial charge is 0.478 e. The van der Waals surface area contributed by atoms with Gasteiger partial charge < -0.3 is 26.8 Å². The van der Waals surface area contributed by atoms with E-state index in [4.69, 9.17) is 5.11 Å². The van der Waals surface area contributed by atoms with Gasteiger partial charge in [-0.15, -0.1) is 0 Å². The normalized spacial score (nSPS) is 15.0. The van der Waals surface area contributed by atoms with Gasteiger partial charge in [0, 0.05) is 17.9 Å². The molecule has 3 amide bonds. The number of amides is 3. The van der Waals surface area contributed by atoms with Crippen LogP contribution < -0.4 is 16.8 Å². The molecule has 0 aromatic heterocycles. The van der Waals surface area contributed by atoms with Gasteiger partial charge in [0.1, 0.15) is 6.04 Å². The Hall–Kier alpha value is -4.38. The summed E-state index contributed by atoms with van der Waals surface area (Å²) in [5.74, 6) is -1.37. The molecule has 6 N–H and O–H groups in total. The summed E-state index contributed by atoms with van der Waals surface area (Å²) >= 11 is 0. The van der Waals surface area contributed by atoms with Crippen molar-refractivity contribution in [1.29, 1.82) is 0 Å². The van der Waals surface area contributed by atoms with Crippen molar-refractivity contribution in [2.75, 3.05) is 17.2 Å². The molecule has 1 aliphatic heterocycles. The number of alkyl halides is 3. The molecule has 1 fully saturated rings. The Labute approximate surface area is 210 Å². The van der Waals surface area contributed by atoms with Gasteiger partial charge in [-0.05, 0) is 72.5 Å². The van der Waals surface area contributed by atoms with Crippen LogP contribution in [0.2, 0.25) is 0 Å². The van der Waals surface area contributed by atoms with Gasteiger partial charge in [-0.25, -0.2) is 9.59 Å². The molecule has 1 saturated heterocycles. The molecule has 0 saturated carbocycles. The van der Waals surface area contributed by atoms with Crippen LogP contribution >= 0.6 is 0 Å². The maximum absolute atomic E-state index is 12.9. The molecule has 0 bridgehead atoms. The molecule has 37 heavy (non-hydrogen) atoms. The van der Waals surface area contributed by atoms with Gasteiger partial charge in [0.2, 0.25) is 5.91 Å². The number of benzene rings is 3. The van der Waals surface area contributed by atoms with Crippen molar-refractivity contribution >= 4 is 29.3 Å². The van der Waals surface area contributed by atoms with Gasteiger partial charge in [-0.1, -0.05) is 24.3 Å². The number of hydrogen-bond donors (Lipinski definition) is 4. The number of carboxylic acids is 1. The van der Waals surface area contributed by atoms with Crippen molar-refractivity contribution in [1.82, 2.24) is 11.1 Å². The molecular weight excluding hydrogens is 489 g/mol. The Balaban J connectivity index is 0.00000380. The molecule has 3 aromatic carbocycles. The highest BCUT2D eigenvalue weighted by atomic mass is 19.4. The minimum atomic E-state index is -4.47. The van der Waals surface area contributed by atoms with Crippen molar-refractivity contribution < 1.29 is 32.7 Å². The first-order valence-electron chi connectivity index (χ1n) is 11.1. The smallest absolute Gasteiger partial charge is 0.416 e. The van der Waals surface area contributed by atoms with Gasteiger partial charge >= 0.3 is 18.2 Å². The molecule has 8 nitrogen and oxygen atoms in total. The van der Waals surface area contributed by atoms with Gasteiger partial charge in [0.25, 0.3) is 0 Å². The fourth-order valence-electron chi connectivity index (χ4n) is 4.00. The number of aromatic carboxylic acids is 1. The maximum atomic E-state index is 12.9. The summed E-state index contributed by atoms with van der Waals surface area (Å²) < 4.78 is 38.2. The van der Waals surface area contributed by atoms with Gasteiger partial charge in [-0.3, -0.25) is 4.79 Å². The molecule has 11 heteroatoms. The van der Waals surface area contributed by atoms with Crippen LogP contribution in [0.25, 0.3) is 11.1 Å². The Bertz CT molecular complexity index is 1260. The highest BCUT2D eigenvalue weighted by molar-refractivity contribution is 5.99. The number of carboxylic acid groups (broad SMARTS) is 1. The van der Waals surface area contributed by atoms with Crippen LogP contribution in [-0.4, -0.2) is 40.5 Å². The standard InChI is InChI=1S/C26H22F3N3O4.H3N/c27-26(28,29)19-9-13-21(14-10-19)31-25(36)32-15-1-2-22(32)23(33)30-20-11-7-17(8-12-20)16-3-5-18(6-4-16)24(34)35;/h3-14,22H,1-2,15H2,(H,30,33)(H,31,36)(H,34,35);1H3/t22-;/m1./s1. The minimum absolute atomic E-state index is 0. The Morgan fingerprint density at radius 3 is 1.86 bits per heavy atom. The topological polar surface area (TPSA) is 134 Å². The number of rotatable bonds is 5. The third kappa shape index (κ3) is 6.44. The predicted molar refractivity (Wildman–Crippen MR) is 133 cm³/mol. The molecule has 0 spiro atoms. The predicted octanol–water partition coefficient (Wildman–Crippen LogP) is 5.87. The van der Waals surface area contributed by atoms with E-state index in [1.165, 1.54) is 29.2 Å². The second-order valence-electron chi connectivity index (χ2n) is 8.31. The molecule has 1 heterocycles. The van der Waals surface area contributed by atoms with Crippen molar-refractivity contribution in [2.45, 2.75) is 25.1 Å².